The van der Waals surface area contributed by atoms with Crippen molar-refractivity contribution < 1.29 is 4.79 Å². The molecular weight excluding hydrogens is 178 g/mol. The topological polar surface area (TPSA) is 47.2 Å². The Kier molecular flexibility index (Phi) is 2.87. The van der Waals surface area contributed by atoms with Crippen LogP contribution >= 0.6 is 0 Å². The molecule has 0 saturated carbocycles. The number of isocyanates is 1. The smallest absolute Gasteiger partial charge is 0.235 e. The zero-order chi connectivity index (χ0) is 10.8. The van der Waals surface area contributed by atoms with Crippen LogP contribution in [0.1, 0.15) is 39.4 Å². The van der Waals surface area contributed by atoms with Crippen LogP contribution in [0.25, 0.3) is 0 Å². The molecule has 1 aromatic rings. The first-order valence-corrected chi connectivity index (χ1v) is 4.62. The van der Waals surface area contributed by atoms with Gasteiger partial charge >= 0.3 is 0 Å². The summed E-state index contributed by atoms with van der Waals surface area (Å²) in [7, 11) is 0. The van der Waals surface area contributed by atoms with Crippen molar-refractivity contribution in [2.75, 3.05) is 0 Å². The summed E-state index contributed by atoms with van der Waals surface area (Å²) < 4.78 is 1.86. The van der Waals surface area contributed by atoms with Gasteiger partial charge in [0.1, 0.15) is 5.54 Å². The van der Waals surface area contributed by atoms with Crippen LogP contribution in [0.3, 0.4) is 0 Å². The van der Waals surface area contributed by atoms with Gasteiger partial charge in [-0.1, -0.05) is 0 Å². The maximum Gasteiger partial charge on any atom is 0.235 e. The molecule has 0 atom stereocenters. The van der Waals surface area contributed by atoms with E-state index in [2.05, 4.69) is 10.1 Å². The van der Waals surface area contributed by atoms with Crippen LogP contribution in [0.4, 0.5) is 0 Å². The first kappa shape index (κ1) is 10.7. The highest BCUT2D eigenvalue weighted by Gasteiger charge is 2.24. The molecule has 4 nitrogen and oxygen atoms in total. The molecule has 0 amide bonds. The van der Waals surface area contributed by atoms with E-state index in [9.17, 15) is 4.79 Å². The molecule has 1 rings (SSSR count). The molecule has 0 aliphatic rings. The molecule has 4 heteroatoms. The Bertz CT molecular complexity index is 359. The predicted molar refractivity (Wildman–Crippen MR) is 53.8 cm³/mol. The Morgan fingerprint density at radius 1 is 1.57 bits per heavy atom. The Balaban J connectivity index is 3.18. The van der Waals surface area contributed by atoms with Crippen LogP contribution in [0, 0.1) is 0 Å². The van der Waals surface area contributed by atoms with E-state index in [4.69, 9.17) is 0 Å². The molecule has 14 heavy (non-hydrogen) atoms. The summed E-state index contributed by atoms with van der Waals surface area (Å²) in [5.74, 6) is 0. The van der Waals surface area contributed by atoms with Crippen molar-refractivity contribution in [3.05, 3.63) is 18.0 Å². The van der Waals surface area contributed by atoms with E-state index in [1.54, 1.807) is 12.3 Å². The van der Waals surface area contributed by atoms with Gasteiger partial charge in [-0.05, 0) is 33.8 Å². The van der Waals surface area contributed by atoms with Crippen molar-refractivity contribution in [3.8, 4) is 0 Å². The lowest BCUT2D eigenvalue weighted by atomic mass is 10.0. The highest BCUT2D eigenvalue weighted by atomic mass is 16.1. The number of aromatic nitrogens is 2. The van der Waals surface area contributed by atoms with Crippen LogP contribution in [0.5, 0.6) is 0 Å². The molecule has 0 bridgehead atoms. The lowest BCUT2D eigenvalue weighted by Gasteiger charge is -2.21. The third-order valence-corrected chi connectivity index (χ3v) is 2.11. The molecule has 0 aliphatic heterocycles. The summed E-state index contributed by atoms with van der Waals surface area (Å²) in [6, 6.07) is 2.14. The Morgan fingerprint density at radius 3 is 2.71 bits per heavy atom. The van der Waals surface area contributed by atoms with Gasteiger partial charge in [0.05, 0.1) is 5.69 Å². The minimum atomic E-state index is -0.553. The van der Waals surface area contributed by atoms with Crippen LogP contribution in [0.2, 0.25) is 0 Å². The fourth-order valence-electron chi connectivity index (χ4n) is 1.38. The molecule has 0 radical (unpaired) electrons. The number of carbonyl (C=O) groups excluding carboxylic acids is 1. The number of rotatable bonds is 3. The van der Waals surface area contributed by atoms with E-state index in [0.29, 0.717) is 0 Å². The molecule has 1 aromatic heterocycles. The lowest BCUT2D eigenvalue weighted by molar-refractivity contribution is 0.431. The van der Waals surface area contributed by atoms with Gasteiger partial charge in [-0.15, -0.1) is 0 Å². The Morgan fingerprint density at radius 2 is 2.21 bits per heavy atom. The van der Waals surface area contributed by atoms with Crippen LogP contribution < -0.4 is 0 Å². The average Bonchev–Trinajstić information content (AvgIpc) is 2.51. The molecule has 0 aromatic carbocycles. The fraction of sp³-hybridized carbons (Fsp3) is 0.600. The second-order valence-electron chi connectivity index (χ2n) is 4.02. The number of aliphatic imine (C=N–C) groups is 1. The zero-order valence-corrected chi connectivity index (χ0v) is 8.98. The van der Waals surface area contributed by atoms with E-state index in [1.165, 1.54) is 0 Å². The van der Waals surface area contributed by atoms with E-state index in [1.807, 2.05) is 38.4 Å². The average molecular weight is 193 g/mol. The molecule has 0 saturated heterocycles. The van der Waals surface area contributed by atoms with Gasteiger partial charge in [-0.25, -0.2) is 4.79 Å². The Labute approximate surface area is 83.7 Å². The van der Waals surface area contributed by atoms with Gasteiger partial charge in [-0.2, -0.15) is 10.1 Å². The Hall–Kier alpha value is -1.41. The van der Waals surface area contributed by atoms with Crippen molar-refractivity contribution in [2.24, 2.45) is 4.99 Å². The summed E-state index contributed by atoms with van der Waals surface area (Å²) in [4.78, 5) is 14.1. The van der Waals surface area contributed by atoms with Crippen LogP contribution in [-0.4, -0.2) is 15.9 Å². The normalized spacial score (nSPS) is 11.5. The molecule has 1 heterocycles. The van der Waals surface area contributed by atoms with E-state index in [-0.39, 0.29) is 6.04 Å². The summed E-state index contributed by atoms with van der Waals surface area (Å²) >= 11 is 0. The minimum absolute atomic E-state index is 0.265. The standard InChI is InChI=1S/C10H15N3O/c1-8(2)13-9(5-6-12-13)10(3,4)11-7-14/h5-6,8H,1-4H3. The van der Waals surface area contributed by atoms with Gasteiger partial charge < -0.3 is 0 Å². The second kappa shape index (κ2) is 3.76. The maximum atomic E-state index is 10.3. The number of nitrogens with zero attached hydrogens (tertiary/aromatic N) is 3. The highest BCUT2D eigenvalue weighted by Crippen LogP contribution is 2.25. The lowest BCUT2D eigenvalue weighted by Crippen LogP contribution is -2.21. The maximum absolute atomic E-state index is 10.3. The fourth-order valence-corrected chi connectivity index (χ4v) is 1.38. The quantitative estimate of drug-likeness (QED) is 0.544. The molecular formula is C10H15N3O. The summed E-state index contributed by atoms with van der Waals surface area (Å²) in [6.07, 6.45) is 3.32. The summed E-state index contributed by atoms with van der Waals surface area (Å²) in [6.45, 7) is 7.82. The predicted octanol–water partition coefficient (Wildman–Crippen LogP) is 2.03. The monoisotopic (exact) mass is 193 g/mol. The van der Waals surface area contributed by atoms with Gasteiger partial charge in [0.25, 0.3) is 0 Å². The zero-order valence-electron chi connectivity index (χ0n) is 8.98. The van der Waals surface area contributed by atoms with Gasteiger partial charge in [0, 0.05) is 12.2 Å². The van der Waals surface area contributed by atoms with Gasteiger partial charge in [0.2, 0.25) is 6.08 Å². The van der Waals surface area contributed by atoms with Gasteiger partial charge in [0.15, 0.2) is 0 Å². The van der Waals surface area contributed by atoms with E-state index in [0.717, 1.165) is 5.69 Å². The van der Waals surface area contributed by atoms with Gasteiger partial charge in [-0.3, -0.25) is 4.68 Å². The first-order chi connectivity index (χ1) is 6.49. The first-order valence-electron chi connectivity index (χ1n) is 4.62. The molecule has 0 spiro atoms. The molecule has 0 aliphatic carbocycles. The van der Waals surface area contributed by atoms with Crippen molar-refractivity contribution in [1.82, 2.24) is 9.78 Å². The third-order valence-electron chi connectivity index (χ3n) is 2.11. The largest absolute Gasteiger partial charge is 0.265 e. The molecule has 0 N–H and O–H groups in total. The van der Waals surface area contributed by atoms with Crippen molar-refractivity contribution in [2.45, 2.75) is 39.3 Å². The molecule has 0 fully saturated rings. The minimum Gasteiger partial charge on any atom is -0.265 e. The van der Waals surface area contributed by atoms with E-state index >= 15 is 0 Å². The molecule has 76 valence electrons. The third kappa shape index (κ3) is 1.91. The molecule has 0 unspecified atom stereocenters. The van der Waals surface area contributed by atoms with Crippen LogP contribution in [0.15, 0.2) is 17.3 Å². The SMILES string of the molecule is CC(C)n1nccc1C(C)(C)N=C=O. The number of hydrogen-bond acceptors (Lipinski definition) is 3. The van der Waals surface area contributed by atoms with Crippen molar-refractivity contribution in [3.63, 3.8) is 0 Å². The number of hydrogen-bond donors (Lipinski definition) is 0. The van der Waals surface area contributed by atoms with Crippen molar-refractivity contribution in [1.29, 1.82) is 0 Å². The van der Waals surface area contributed by atoms with E-state index < -0.39 is 5.54 Å². The van der Waals surface area contributed by atoms with Crippen molar-refractivity contribution >= 4 is 6.08 Å². The summed E-state index contributed by atoms with van der Waals surface area (Å²) in [5.41, 5.74) is 0.374. The van der Waals surface area contributed by atoms with Crippen LogP contribution in [-0.2, 0) is 10.3 Å². The highest BCUT2D eigenvalue weighted by molar-refractivity contribution is 5.36. The summed E-state index contributed by atoms with van der Waals surface area (Å²) in [5, 5.41) is 4.19. The second-order valence-corrected chi connectivity index (χ2v) is 4.02.